The number of benzene rings is 2. The van der Waals surface area contributed by atoms with Crippen LogP contribution in [0.1, 0.15) is 17.4 Å². The van der Waals surface area contributed by atoms with Gasteiger partial charge in [-0.05, 0) is 40.3 Å². The standard InChI is InChI=1S/C18H17Cl2N5O/c19-13-4-3-5-14(12-13)25-18(21-22-23-25)17(24-8-10-26-11-9-24)15-6-1-2-7-16(15)20/h1-7,12,17H,8-11H2/t17-/m0/s1. The maximum absolute atomic E-state index is 6.52. The number of halogens is 2. The molecule has 0 bridgehead atoms. The molecule has 0 radical (unpaired) electrons. The number of aromatic nitrogens is 4. The third-order valence-corrected chi connectivity index (χ3v) is 4.98. The average Bonchev–Trinajstić information content (AvgIpc) is 3.14. The number of hydrogen-bond donors (Lipinski definition) is 0. The first-order valence-electron chi connectivity index (χ1n) is 8.34. The molecule has 0 spiro atoms. The fraction of sp³-hybridized carbons (Fsp3) is 0.278. The highest BCUT2D eigenvalue weighted by Gasteiger charge is 2.31. The molecule has 1 saturated heterocycles. The zero-order chi connectivity index (χ0) is 17.9. The third-order valence-electron chi connectivity index (χ3n) is 4.40. The molecular weight excluding hydrogens is 373 g/mol. The van der Waals surface area contributed by atoms with Crippen molar-refractivity contribution in [2.75, 3.05) is 26.3 Å². The molecule has 1 aromatic heterocycles. The fourth-order valence-electron chi connectivity index (χ4n) is 3.19. The molecule has 1 aliphatic heterocycles. The summed E-state index contributed by atoms with van der Waals surface area (Å²) in [6.07, 6.45) is 0. The lowest BCUT2D eigenvalue weighted by molar-refractivity contribution is 0.0220. The van der Waals surface area contributed by atoms with Gasteiger partial charge in [0.2, 0.25) is 0 Å². The minimum absolute atomic E-state index is 0.179. The Morgan fingerprint density at radius 1 is 1.00 bits per heavy atom. The van der Waals surface area contributed by atoms with Crippen molar-refractivity contribution in [3.8, 4) is 5.69 Å². The summed E-state index contributed by atoms with van der Waals surface area (Å²) < 4.78 is 7.23. The lowest BCUT2D eigenvalue weighted by Crippen LogP contribution is -2.40. The van der Waals surface area contributed by atoms with Gasteiger partial charge in [-0.3, -0.25) is 4.90 Å². The Hall–Kier alpha value is -1.99. The quantitative estimate of drug-likeness (QED) is 0.684. The summed E-state index contributed by atoms with van der Waals surface area (Å²) >= 11 is 12.7. The van der Waals surface area contributed by atoms with Gasteiger partial charge in [0.25, 0.3) is 0 Å². The largest absolute Gasteiger partial charge is 0.379 e. The SMILES string of the molecule is Clc1cccc(-n2nnnc2[C@H](c2ccccc2Cl)N2CCOCC2)c1. The molecule has 0 unspecified atom stereocenters. The number of nitrogens with zero attached hydrogens (tertiary/aromatic N) is 5. The van der Waals surface area contributed by atoms with Crippen LogP contribution >= 0.6 is 23.2 Å². The lowest BCUT2D eigenvalue weighted by Gasteiger charge is -2.34. The number of hydrogen-bond acceptors (Lipinski definition) is 5. The van der Waals surface area contributed by atoms with Crippen LogP contribution in [0.3, 0.4) is 0 Å². The van der Waals surface area contributed by atoms with E-state index in [1.807, 2.05) is 48.5 Å². The Morgan fingerprint density at radius 3 is 2.58 bits per heavy atom. The molecule has 0 aliphatic carbocycles. The summed E-state index contributed by atoms with van der Waals surface area (Å²) in [5.41, 5.74) is 1.77. The van der Waals surface area contributed by atoms with Crippen LogP contribution in [0.15, 0.2) is 48.5 Å². The van der Waals surface area contributed by atoms with E-state index in [2.05, 4.69) is 20.4 Å². The van der Waals surface area contributed by atoms with Crippen LogP contribution in [0, 0.1) is 0 Å². The maximum atomic E-state index is 6.52. The van der Waals surface area contributed by atoms with E-state index < -0.39 is 0 Å². The second kappa shape index (κ2) is 7.72. The van der Waals surface area contributed by atoms with Crippen molar-refractivity contribution in [2.45, 2.75) is 6.04 Å². The summed E-state index contributed by atoms with van der Waals surface area (Å²) in [6, 6.07) is 15.1. The molecule has 6 nitrogen and oxygen atoms in total. The molecule has 4 rings (SSSR count). The molecule has 1 fully saturated rings. The van der Waals surface area contributed by atoms with Crippen molar-refractivity contribution in [3.63, 3.8) is 0 Å². The minimum Gasteiger partial charge on any atom is -0.379 e. The molecule has 2 aromatic carbocycles. The number of tetrazole rings is 1. The average molecular weight is 390 g/mol. The summed E-state index contributed by atoms with van der Waals surface area (Å²) in [5.74, 6) is 0.697. The highest BCUT2D eigenvalue weighted by molar-refractivity contribution is 6.31. The second-order valence-electron chi connectivity index (χ2n) is 6.00. The molecule has 134 valence electrons. The van der Waals surface area contributed by atoms with E-state index in [0.29, 0.717) is 29.1 Å². The second-order valence-corrected chi connectivity index (χ2v) is 6.84. The fourth-order valence-corrected chi connectivity index (χ4v) is 3.61. The van der Waals surface area contributed by atoms with Crippen molar-refractivity contribution in [2.24, 2.45) is 0 Å². The first-order valence-corrected chi connectivity index (χ1v) is 9.10. The van der Waals surface area contributed by atoms with Gasteiger partial charge in [0.15, 0.2) is 5.82 Å². The Kier molecular flexibility index (Phi) is 5.17. The van der Waals surface area contributed by atoms with E-state index in [1.54, 1.807) is 4.68 Å². The Morgan fingerprint density at radius 2 is 1.81 bits per heavy atom. The number of morpholine rings is 1. The van der Waals surface area contributed by atoms with Crippen LogP contribution in [-0.2, 0) is 4.74 Å². The van der Waals surface area contributed by atoms with E-state index >= 15 is 0 Å². The van der Waals surface area contributed by atoms with Gasteiger partial charge >= 0.3 is 0 Å². The van der Waals surface area contributed by atoms with E-state index in [9.17, 15) is 0 Å². The Bertz CT molecular complexity index is 895. The van der Waals surface area contributed by atoms with Crippen LogP contribution in [-0.4, -0.2) is 51.4 Å². The van der Waals surface area contributed by atoms with Gasteiger partial charge in [-0.25, -0.2) is 0 Å². The van der Waals surface area contributed by atoms with Crippen LogP contribution < -0.4 is 0 Å². The molecule has 1 aliphatic rings. The van der Waals surface area contributed by atoms with Crippen molar-refractivity contribution in [1.29, 1.82) is 0 Å². The predicted octanol–water partition coefficient (Wildman–Crippen LogP) is 3.39. The topological polar surface area (TPSA) is 56.1 Å². The van der Waals surface area contributed by atoms with Crippen LogP contribution in [0.25, 0.3) is 5.69 Å². The molecule has 8 heteroatoms. The first-order chi connectivity index (χ1) is 12.7. The smallest absolute Gasteiger partial charge is 0.178 e. The summed E-state index contributed by atoms with van der Waals surface area (Å²) in [7, 11) is 0. The van der Waals surface area contributed by atoms with Gasteiger partial charge in [0, 0.05) is 23.1 Å². The van der Waals surface area contributed by atoms with E-state index in [0.717, 1.165) is 24.3 Å². The van der Waals surface area contributed by atoms with Crippen LogP contribution in [0.5, 0.6) is 0 Å². The van der Waals surface area contributed by atoms with Crippen molar-refractivity contribution in [1.82, 2.24) is 25.1 Å². The van der Waals surface area contributed by atoms with Gasteiger partial charge in [0.1, 0.15) is 0 Å². The van der Waals surface area contributed by atoms with Crippen molar-refractivity contribution in [3.05, 3.63) is 70.0 Å². The van der Waals surface area contributed by atoms with Gasteiger partial charge in [-0.15, -0.1) is 5.10 Å². The molecule has 26 heavy (non-hydrogen) atoms. The number of rotatable bonds is 4. The normalized spacial score (nSPS) is 16.5. The lowest BCUT2D eigenvalue weighted by atomic mass is 10.0. The van der Waals surface area contributed by atoms with Crippen LogP contribution in [0.4, 0.5) is 0 Å². The molecule has 0 amide bonds. The molecule has 0 N–H and O–H groups in total. The predicted molar refractivity (Wildman–Crippen MR) is 99.9 cm³/mol. The highest BCUT2D eigenvalue weighted by atomic mass is 35.5. The summed E-state index contributed by atoms with van der Waals surface area (Å²) in [4.78, 5) is 2.29. The monoisotopic (exact) mass is 389 g/mol. The molecule has 1 atom stereocenters. The molecule has 3 aromatic rings. The maximum Gasteiger partial charge on any atom is 0.178 e. The molecular formula is C18H17Cl2N5O. The highest BCUT2D eigenvalue weighted by Crippen LogP contribution is 2.33. The van der Waals surface area contributed by atoms with Gasteiger partial charge in [0.05, 0.1) is 24.9 Å². The Balaban J connectivity index is 1.83. The van der Waals surface area contributed by atoms with Crippen LogP contribution in [0.2, 0.25) is 10.0 Å². The summed E-state index contributed by atoms with van der Waals surface area (Å²) in [6.45, 7) is 2.88. The Labute approximate surface area is 161 Å². The van der Waals surface area contributed by atoms with Crippen molar-refractivity contribution < 1.29 is 4.74 Å². The zero-order valence-corrected chi connectivity index (χ0v) is 15.4. The minimum atomic E-state index is -0.179. The van der Waals surface area contributed by atoms with E-state index in [4.69, 9.17) is 27.9 Å². The van der Waals surface area contributed by atoms with Crippen molar-refractivity contribution >= 4 is 23.2 Å². The third kappa shape index (κ3) is 3.46. The van der Waals surface area contributed by atoms with Gasteiger partial charge < -0.3 is 4.74 Å². The molecule has 2 heterocycles. The number of ether oxygens (including phenoxy) is 1. The molecule has 0 saturated carbocycles. The van der Waals surface area contributed by atoms with Gasteiger partial charge in [-0.2, -0.15) is 4.68 Å². The van der Waals surface area contributed by atoms with E-state index in [1.165, 1.54) is 0 Å². The zero-order valence-electron chi connectivity index (χ0n) is 13.9. The van der Waals surface area contributed by atoms with E-state index in [-0.39, 0.29) is 6.04 Å². The van der Waals surface area contributed by atoms with Gasteiger partial charge in [-0.1, -0.05) is 47.5 Å². The summed E-state index contributed by atoms with van der Waals surface area (Å²) in [5, 5.41) is 13.8. The first kappa shape index (κ1) is 17.4.